The van der Waals surface area contributed by atoms with Crippen molar-refractivity contribution in [1.82, 2.24) is 10.9 Å². The molecule has 0 bridgehead atoms. The van der Waals surface area contributed by atoms with E-state index in [1.807, 2.05) is 12.1 Å². The molecule has 22 heavy (non-hydrogen) atoms. The predicted molar refractivity (Wildman–Crippen MR) is 92.5 cm³/mol. The number of nitrogens with two attached hydrogens (primary N) is 1. The second-order valence-corrected chi connectivity index (χ2v) is 6.42. The monoisotopic (exact) mass is 296 g/mol. The van der Waals surface area contributed by atoms with Gasteiger partial charge in [-0.25, -0.2) is 5.43 Å². The summed E-state index contributed by atoms with van der Waals surface area (Å²) in [5, 5.41) is 7.11. The number of nitrogens with one attached hydrogen (secondary N) is 3. The first-order valence-electron chi connectivity index (χ1n) is 7.39. The van der Waals surface area contributed by atoms with Gasteiger partial charge in [-0.05, 0) is 33.7 Å². The summed E-state index contributed by atoms with van der Waals surface area (Å²) in [6.07, 6.45) is 0. The minimum atomic E-state index is -0.0890. The van der Waals surface area contributed by atoms with E-state index in [4.69, 9.17) is 11.1 Å². The van der Waals surface area contributed by atoms with Gasteiger partial charge in [-0.1, -0.05) is 63.2 Å². The average Bonchev–Trinajstić information content (AvgIpc) is 2.46. The van der Waals surface area contributed by atoms with Gasteiger partial charge in [-0.15, -0.1) is 0 Å². The van der Waals surface area contributed by atoms with Crippen LogP contribution in [0, 0.1) is 5.41 Å². The van der Waals surface area contributed by atoms with Crippen LogP contribution in [0.4, 0.5) is 0 Å². The van der Waals surface area contributed by atoms with Crippen molar-refractivity contribution in [2.24, 2.45) is 5.73 Å². The van der Waals surface area contributed by atoms with Gasteiger partial charge in [0.15, 0.2) is 5.96 Å². The van der Waals surface area contributed by atoms with Crippen LogP contribution in [0.3, 0.4) is 0 Å². The van der Waals surface area contributed by atoms with Crippen LogP contribution in [0.2, 0.25) is 0 Å². The molecule has 0 atom stereocenters. The fourth-order valence-electron chi connectivity index (χ4n) is 2.27. The van der Waals surface area contributed by atoms with E-state index in [-0.39, 0.29) is 11.4 Å². The minimum Gasteiger partial charge on any atom is -0.369 e. The Morgan fingerprint density at radius 2 is 1.73 bits per heavy atom. The second-order valence-electron chi connectivity index (χ2n) is 6.42. The van der Waals surface area contributed by atoms with Gasteiger partial charge in [0.2, 0.25) is 0 Å². The summed E-state index contributed by atoms with van der Waals surface area (Å²) in [6, 6.07) is 17.0. The Bertz CT molecular complexity index is 639. The summed E-state index contributed by atoms with van der Waals surface area (Å²) in [6.45, 7) is 7.26. The highest BCUT2D eigenvalue weighted by Gasteiger charge is 2.13. The van der Waals surface area contributed by atoms with E-state index in [1.54, 1.807) is 0 Å². The van der Waals surface area contributed by atoms with Gasteiger partial charge >= 0.3 is 0 Å². The van der Waals surface area contributed by atoms with Gasteiger partial charge in [0.1, 0.15) is 0 Å². The molecule has 0 fully saturated rings. The molecule has 0 aliphatic carbocycles. The quantitative estimate of drug-likeness (QED) is 0.398. The minimum absolute atomic E-state index is 0.0890. The van der Waals surface area contributed by atoms with Gasteiger partial charge in [0, 0.05) is 6.54 Å². The molecule has 2 aromatic rings. The molecule has 4 heteroatoms. The Morgan fingerprint density at radius 3 is 2.32 bits per heavy atom. The Kier molecular flexibility index (Phi) is 4.83. The lowest BCUT2D eigenvalue weighted by atomic mass is 9.86. The smallest absolute Gasteiger partial charge is 0.200 e. The second kappa shape index (κ2) is 6.62. The number of guanidine groups is 1. The molecule has 0 heterocycles. The molecule has 0 unspecified atom stereocenters. The van der Waals surface area contributed by atoms with Crippen molar-refractivity contribution in [2.45, 2.75) is 32.7 Å². The zero-order valence-electron chi connectivity index (χ0n) is 13.4. The average molecular weight is 296 g/mol. The SMILES string of the molecule is CC(C)(C)c1ccc(-c2cccc(CNNC(=N)N)c2)cc1. The largest absolute Gasteiger partial charge is 0.369 e. The summed E-state index contributed by atoms with van der Waals surface area (Å²) in [7, 11) is 0. The van der Waals surface area contributed by atoms with Crippen molar-refractivity contribution >= 4 is 5.96 Å². The van der Waals surface area contributed by atoms with Crippen LogP contribution in [0.5, 0.6) is 0 Å². The third-order valence-electron chi connectivity index (χ3n) is 3.53. The molecular weight excluding hydrogens is 272 g/mol. The number of benzene rings is 2. The highest BCUT2D eigenvalue weighted by Crippen LogP contribution is 2.26. The molecule has 2 rings (SSSR count). The van der Waals surface area contributed by atoms with E-state index < -0.39 is 0 Å². The maximum Gasteiger partial charge on any atom is 0.200 e. The summed E-state index contributed by atoms with van der Waals surface area (Å²) in [5.74, 6) is -0.0890. The van der Waals surface area contributed by atoms with Crippen LogP contribution in [-0.2, 0) is 12.0 Å². The van der Waals surface area contributed by atoms with E-state index in [0.29, 0.717) is 6.54 Å². The van der Waals surface area contributed by atoms with Gasteiger partial charge in [-0.3, -0.25) is 10.8 Å². The van der Waals surface area contributed by atoms with Crippen molar-refractivity contribution in [3.8, 4) is 11.1 Å². The molecule has 5 N–H and O–H groups in total. The predicted octanol–water partition coefficient (Wildman–Crippen LogP) is 3.14. The van der Waals surface area contributed by atoms with Gasteiger partial charge in [0.05, 0.1) is 0 Å². The molecule has 2 aromatic carbocycles. The summed E-state index contributed by atoms with van der Waals surface area (Å²) in [4.78, 5) is 0. The summed E-state index contributed by atoms with van der Waals surface area (Å²) < 4.78 is 0. The molecule has 116 valence electrons. The third kappa shape index (κ3) is 4.33. The van der Waals surface area contributed by atoms with Crippen LogP contribution in [0.1, 0.15) is 31.9 Å². The fraction of sp³-hybridized carbons (Fsp3) is 0.278. The van der Waals surface area contributed by atoms with Crippen LogP contribution < -0.4 is 16.6 Å². The van der Waals surface area contributed by atoms with Crippen LogP contribution in [0.25, 0.3) is 11.1 Å². The maximum atomic E-state index is 7.11. The molecule has 0 radical (unpaired) electrons. The first-order chi connectivity index (χ1) is 10.4. The Balaban J connectivity index is 2.13. The topological polar surface area (TPSA) is 73.9 Å². The van der Waals surface area contributed by atoms with Crippen LogP contribution >= 0.6 is 0 Å². The molecule has 0 aliphatic rings. The van der Waals surface area contributed by atoms with Crippen LogP contribution in [0.15, 0.2) is 48.5 Å². The summed E-state index contributed by atoms with van der Waals surface area (Å²) in [5.41, 5.74) is 15.8. The van der Waals surface area contributed by atoms with Crippen molar-refractivity contribution in [3.63, 3.8) is 0 Å². The van der Waals surface area contributed by atoms with Gasteiger partial charge < -0.3 is 5.73 Å². The molecule has 0 saturated heterocycles. The maximum absolute atomic E-state index is 7.11. The Labute approximate surface area is 132 Å². The van der Waals surface area contributed by atoms with Crippen molar-refractivity contribution in [2.75, 3.05) is 0 Å². The van der Waals surface area contributed by atoms with Gasteiger partial charge in [-0.2, -0.15) is 0 Å². The number of hydrogen-bond acceptors (Lipinski definition) is 2. The van der Waals surface area contributed by atoms with E-state index in [2.05, 4.69) is 68.0 Å². The lowest BCUT2D eigenvalue weighted by molar-refractivity contribution is 0.590. The van der Waals surface area contributed by atoms with E-state index >= 15 is 0 Å². The first kappa shape index (κ1) is 16.0. The van der Waals surface area contributed by atoms with E-state index in [9.17, 15) is 0 Å². The van der Waals surface area contributed by atoms with Crippen LogP contribution in [-0.4, -0.2) is 5.96 Å². The molecular formula is C18H24N4. The molecule has 0 aromatic heterocycles. The molecule has 4 nitrogen and oxygen atoms in total. The normalized spacial score (nSPS) is 11.2. The van der Waals surface area contributed by atoms with Crippen molar-refractivity contribution in [1.29, 1.82) is 5.41 Å². The Hall–Kier alpha value is -2.33. The molecule has 0 aliphatic heterocycles. The number of hydrogen-bond donors (Lipinski definition) is 4. The van der Waals surface area contributed by atoms with Crippen molar-refractivity contribution in [3.05, 3.63) is 59.7 Å². The van der Waals surface area contributed by atoms with E-state index in [1.165, 1.54) is 16.7 Å². The third-order valence-corrected chi connectivity index (χ3v) is 3.53. The highest BCUT2D eigenvalue weighted by molar-refractivity contribution is 5.73. The fourth-order valence-corrected chi connectivity index (χ4v) is 2.27. The Morgan fingerprint density at radius 1 is 1.05 bits per heavy atom. The standard InChI is InChI=1S/C18H24N4/c1-18(2,3)16-9-7-14(8-10-16)15-6-4-5-13(11-15)12-21-22-17(19)20/h4-11,21H,12H2,1-3H3,(H4,19,20,22). The zero-order chi connectivity index (χ0) is 16.2. The lowest BCUT2D eigenvalue weighted by Gasteiger charge is -2.19. The lowest BCUT2D eigenvalue weighted by Crippen LogP contribution is -2.41. The first-order valence-corrected chi connectivity index (χ1v) is 7.39. The van der Waals surface area contributed by atoms with Crippen molar-refractivity contribution < 1.29 is 0 Å². The van der Waals surface area contributed by atoms with E-state index in [0.717, 1.165) is 5.56 Å². The summed E-state index contributed by atoms with van der Waals surface area (Å²) >= 11 is 0. The van der Waals surface area contributed by atoms with Gasteiger partial charge in [0.25, 0.3) is 0 Å². The highest BCUT2D eigenvalue weighted by atomic mass is 15.4. The molecule has 0 spiro atoms. The number of rotatable bonds is 4. The number of hydrazine groups is 1. The molecule has 0 saturated carbocycles. The zero-order valence-corrected chi connectivity index (χ0v) is 13.4. The molecule has 0 amide bonds.